The molecular weight excluding hydrogens is 623 g/mol. The summed E-state index contributed by atoms with van der Waals surface area (Å²) in [5.41, 5.74) is 1.45. The molecule has 1 aliphatic rings. The predicted octanol–water partition coefficient (Wildman–Crippen LogP) is 6.76. The zero-order chi connectivity index (χ0) is 32.8. The second kappa shape index (κ2) is 11.9. The molecule has 0 unspecified atom stereocenters. The Hall–Kier alpha value is -4.78. The van der Waals surface area contributed by atoms with Crippen LogP contribution in [0.5, 0.6) is 17.2 Å². The molecule has 0 saturated carbocycles. The molecule has 240 valence electrons. The minimum atomic E-state index is -4.09. The van der Waals surface area contributed by atoms with Gasteiger partial charge in [-0.1, -0.05) is 18.2 Å². The summed E-state index contributed by atoms with van der Waals surface area (Å²) in [5, 5.41) is -0.0801. The van der Waals surface area contributed by atoms with Crippen molar-refractivity contribution in [1.29, 1.82) is 0 Å². The van der Waals surface area contributed by atoms with Crippen molar-refractivity contribution in [2.24, 2.45) is 0 Å². The number of fused-ring (bicyclic) bond motifs is 2. The highest BCUT2D eigenvalue weighted by Gasteiger charge is 2.38. The highest BCUT2D eigenvalue weighted by Crippen LogP contribution is 2.45. The lowest BCUT2D eigenvalue weighted by molar-refractivity contribution is -0.143. The molecule has 0 bridgehead atoms. The minimum absolute atomic E-state index is 0.0349. The van der Waals surface area contributed by atoms with E-state index in [0.29, 0.717) is 37.5 Å². The summed E-state index contributed by atoms with van der Waals surface area (Å²) in [6, 6.07) is 10.5. The highest BCUT2D eigenvalue weighted by atomic mass is 32.2. The zero-order valence-corrected chi connectivity index (χ0v) is 26.0. The summed E-state index contributed by atoms with van der Waals surface area (Å²) in [4.78, 5) is 21.6. The average Bonchev–Trinajstić information content (AvgIpc) is 3.71. The number of sulfone groups is 1. The van der Waals surface area contributed by atoms with Gasteiger partial charge in [-0.15, -0.1) is 0 Å². The molecule has 5 aromatic rings. The number of hydrogen-bond acceptors (Lipinski definition) is 7. The lowest BCUT2D eigenvalue weighted by Crippen LogP contribution is -2.32. The van der Waals surface area contributed by atoms with E-state index >= 15 is 8.78 Å². The Morgan fingerprint density at radius 1 is 1.13 bits per heavy atom. The maximum atomic E-state index is 15.2. The molecule has 0 saturated heterocycles. The fraction of sp³-hybridized carbons (Fsp3) is 0.273. The van der Waals surface area contributed by atoms with E-state index < -0.39 is 43.3 Å². The van der Waals surface area contributed by atoms with E-state index in [-0.39, 0.29) is 40.4 Å². The first-order valence-corrected chi connectivity index (χ1v) is 16.4. The zero-order valence-electron chi connectivity index (χ0n) is 25.2. The largest absolute Gasteiger partial charge is 0.493 e. The second-order valence-corrected chi connectivity index (χ2v) is 13.2. The quantitative estimate of drug-likeness (QED) is 0.133. The van der Waals surface area contributed by atoms with Crippen LogP contribution in [0.2, 0.25) is 0 Å². The number of aryl methyl sites for hydroxylation is 1. The molecule has 3 heterocycles. The molecule has 1 atom stereocenters. The molecule has 0 aliphatic carbocycles. The molecule has 1 aliphatic heterocycles. The Balaban J connectivity index is 1.35. The van der Waals surface area contributed by atoms with E-state index in [9.17, 15) is 17.6 Å². The molecule has 6 rings (SSSR count). The summed E-state index contributed by atoms with van der Waals surface area (Å²) >= 11 is 0. The van der Waals surface area contributed by atoms with Crippen LogP contribution in [-0.2, 0) is 31.2 Å². The van der Waals surface area contributed by atoms with E-state index in [1.54, 1.807) is 13.1 Å². The molecule has 0 radical (unpaired) electrons. The highest BCUT2D eigenvalue weighted by molar-refractivity contribution is 7.91. The SMILES string of the molecule is CCOC(=O)CCc1cccc2c1OCC[C@@]2(C)c1cnc(-c2cc(Oc3c(F)c(F)c4[nH]ccc4c3S(C)(=O)=O)ccc2F)[nH]1. The number of halogens is 3. The van der Waals surface area contributed by atoms with Gasteiger partial charge in [0.2, 0.25) is 5.82 Å². The summed E-state index contributed by atoms with van der Waals surface area (Å²) in [6.45, 7) is 4.46. The first-order valence-electron chi connectivity index (χ1n) is 14.5. The lowest BCUT2D eigenvalue weighted by Gasteiger charge is -2.36. The van der Waals surface area contributed by atoms with Crippen LogP contribution in [0, 0.1) is 17.5 Å². The van der Waals surface area contributed by atoms with Crippen molar-refractivity contribution >= 4 is 26.7 Å². The Bertz CT molecular complexity index is 2090. The van der Waals surface area contributed by atoms with Gasteiger partial charge >= 0.3 is 5.97 Å². The normalized spacial score (nSPS) is 16.2. The van der Waals surface area contributed by atoms with Crippen molar-refractivity contribution in [3.05, 3.63) is 89.1 Å². The van der Waals surface area contributed by atoms with Gasteiger partial charge in [0.15, 0.2) is 21.4 Å². The van der Waals surface area contributed by atoms with Crippen LogP contribution in [0.3, 0.4) is 0 Å². The smallest absolute Gasteiger partial charge is 0.306 e. The summed E-state index contributed by atoms with van der Waals surface area (Å²) < 4.78 is 87.3. The molecule has 2 N–H and O–H groups in total. The maximum Gasteiger partial charge on any atom is 0.306 e. The minimum Gasteiger partial charge on any atom is -0.493 e. The fourth-order valence-corrected chi connectivity index (χ4v) is 6.90. The number of esters is 1. The van der Waals surface area contributed by atoms with Crippen LogP contribution in [-0.4, -0.2) is 48.8 Å². The first-order chi connectivity index (χ1) is 21.9. The van der Waals surface area contributed by atoms with E-state index in [1.807, 2.05) is 25.1 Å². The van der Waals surface area contributed by atoms with Crippen LogP contribution >= 0.6 is 0 Å². The van der Waals surface area contributed by atoms with Crippen LogP contribution in [0.25, 0.3) is 22.3 Å². The van der Waals surface area contributed by atoms with Crippen molar-refractivity contribution in [2.75, 3.05) is 19.5 Å². The Kier molecular flexibility index (Phi) is 8.05. The van der Waals surface area contributed by atoms with E-state index in [0.717, 1.165) is 23.4 Å². The summed E-state index contributed by atoms with van der Waals surface area (Å²) in [7, 11) is -4.09. The van der Waals surface area contributed by atoms with Crippen LogP contribution in [0.1, 0.15) is 43.5 Å². The number of aromatic nitrogens is 3. The van der Waals surface area contributed by atoms with Crippen molar-refractivity contribution in [3.63, 3.8) is 0 Å². The van der Waals surface area contributed by atoms with Gasteiger partial charge in [-0.25, -0.2) is 22.2 Å². The third-order valence-electron chi connectivity index (χ3n) is 8.21. The van der Waals surface area contributed by atoms with Crippen LogP contribution in [0.15, 0.2) is 59.8 Å². The van der Waals surface area contributed by atoms with Crippen LogP contribution < -0.4 is 9.47 Å². The molecule has 0 amide bonds. The van der Waals surface area contributed by atoms with Gasteiger partial charge in [0, 0.05) is 47.1 Å². The number of carbonyl (C=O) groups excluding carboxylic acids is 1. The number of aromatic amines is 2. The molecule has 13 heteroatoms. The Labute approximate surface area is 262 Å². The monoisotopic (exact) mass is 653 g/mol. The number of rotatable bonds is 9. The molecule has 2 aromatic heterocycles. The van der Waals surface area contributed by atoms with Crippen LogP contribution in [0.4, 0.5) is 13.2 Å². The van der Waals surface area contributed by atoms with E-state index in [2.05, 4.69) is 15.0 Å². The van der Waals surface area contributed by atoms with Gasteiger partial charge in [-0.3, -0.25) is 4.79 Å². The van der Waals surface area contributed by atoms with Gasteiger partial charge in [-0.05, 0) is 56.5 Å². The van der Waals surface area contributed by atoms with Gasteiger partial charge in [-0.2, -0.15) is 4.39 Å². The number of H-pyrrole nitrogens is 2. The van der Waals surface area contributed by atoms with Crippen molar-refractivity contribution in [2.45, 2.75) is 43.4 Å². The fourth-order valence-electron chi connectivity index (χ4n) is 5.86. The lowest BCUT2D eigenvalue weighted by atomic mass is 9.74. The van der Waals surface area contributed by atoms with Crippen molar-refractivity contribution < 1.29 is 40.6 Å². The first kappa shape index (κ1) is 31.2. The standard InChI is InChI=1S/C33H30F3N3O6S/c1-4-43-25(40)11-8-18-6-5-7-22-29(18)44-15-13-33(22,2)24-17-38-32(39-24)21-16-19(9-10-23(21)34)45-30-27(36)26(35)28-20(12-14-37-28)31(30)46(3,41)42/h5-7,9-10,12,14,16-17,37H,4,8,11,13,15H2,1-3H3,(H,38,39)/t33-/m1/s1. The van der Waals surface area contributed by atoms with Gasteiger partial charge < -0.3 is 24.2 Å². The topological polar surface area (TPSA) is 123 Å². The average molecular weight is 654 g/mol. The molecular formula is C33H30F3N3O6S. The molecule has 3 aromatic carbocycles. The third kappa shape index (κ3) is 5.48. The number of hydrogen-bond donors (Lipinski definition) is 2. The number of benzene rings is 3. The van der Waals surface area contributed by atoms with E-state index in [1.165, 1.54) is 24.4 Å². The number of para-hydroxylation sites is 1. The number of nitrogens with zero attached hydrogens (tertiary/aromatic N) is 1. The number of carbonyl (C=O) groups is 1. The van der Waals surface area contributed by atoms with Gasteiger partial charge in [0.05, 0.1) is 24.3 Å². The molecule has 0 fully saturated rings. The van der Waals surface area contributed by atoms with Crippen molar-refractivity contribution in [1.82, 2.24) is 15.0 Å². The van der Waals surface area contributed by atoms with Gasteiger partial charge in [0.1, 0.15) is 28.0 Å². The molecule has 0 spiro atoms. The maximum absolute atomic E-state index is 15.2. The predicted molar refractivity (Wildman–Crippen MR) is 163 cm³/mol. The summed E-state index contributed by atoms with van der Waals surface area (Å²) in [5.74, 6) is -3.95. The van der Waals surface area contributed by atoms with E-state index in [4.69, 9.17) is 14.2 Å². The van der Waals surface area contributed by atoms with Gasteiger partial charge in [0.25, 0.3) is 0 Å². The number of nitrogens with one attached hydrogen (secondary N) is 2. The number of imidazole rings is 1. The third-order valence-corrected chi connectivity index (χ3v) is 9.35. The molecule has 46 heavy (non-hydrogen) atoms. The Morgan fingerprint density at radius 3 is 2.70 bits per heavy atom. The molecule has 9 nitrogen and oxygen atoms in total. The Morgan fingerprint density at radius 2 is 1.93 bits per heavy atom. The second-order valence-electron chi connectivity index (χ2n) is 11.2. The summed E-state index contributed by atoms with van der Waals surface area (Å²) in [6.07, 6.45) is 4.97. The van der Waals surface area contributed by atoms with Crippen molar-refractivity contribution in [3.8, 4) is 28.6 Å². The number of ether oxygens (including phenoxy) is 3.